The van der Waals surface area contributed by atoms with Crippen molar-refractivity contribution in [1.29, 1.82) is 0 Å². The summed E-state index contributed by atoms with van der Waals surface area (Å²) in [5.41, 5.74) is 1.30. The van der Waals surface area contributed by atoms with Crippen LogP contribution in [0.2, 0.25) is 0 Å². The topological polar surface area (TPSA) is 62.2 Å². The van der Waals surface area contributed by atoms with Crippen LogP contribution >= 0.6 is 27.3 Å². The Morgan fingerprint density at radius 1 is 1.26 bits per heavy atom. The number of aromatic hydroxyl groups is 1. The van der Waals surface area contributed by atoms with Gasteiger partial charge in [0.1, 0.15) is 5.75 Å². The number of aryl methyl sites for hydroxylation is 1. The summed E-state index contributed by atoms with van der Waals surface area (Å²) in [4.78, 5) is 16.6. The third-order valence-electron chi connectivity index (χ3n) is 3.39. The number of phenolic OH excluding ortho intramolecular Hbond substituents is 1. The number of nitrogens with zero attached hydrogens (tertiary/aromatic N) is 1. The second kappa shape index (κ2) is 7.10. The largest absolute Gasteiger partial charge is 0.507 e. The molecule has 0 saturated carbocycles. The van der Waals surface area contributed by atoms with Gasteiger partial charge in [0.05, 0.1) is 20.8 Å². The van der Waals surface area contributed by atoms with Gasteiger partial charge in [-0.25, -0.2) is 4.98 Å². The number of aromatic nitrogens is 1. The van der Waals surface area contributed by atoms with Gasteiger partial charge in [0.15, 0.2) is 0 Å². The number of halogens is 1. The van der Waals surface area contributed by atoms with E-state index in [0.717, 1.165) is 27.8 Å². The number of phenols is 1. The molecule has 0 aliphatic carbocycles. The molecule has 23 heavy (non-hydrogen) atoms. The smallest absolute Gasteiger partial charge is 0.255 e. The molecule has 0 fully saturated rings. The third kappa shape index (κ3) is 3.89. The van der Waals surface area contributed by atoms with Crippen molar-refractivity contribution in [2.24, 2.45) is 0 Å². The number of para-hydroxylation sites is 1. The van der Waals surface area contributed by atoms with Crippen LogP contribution < -0.4 is 5.32 Å². The van der Waals surface area contributed by atoms with Gasteiger partial charge in [0, 0.05) is 17.4 Å². The van der Waals surface area contributed by atoms with E-state index in [2.05, 4.69) is 32.3 Å². The first-order valence-electron chi connectivity index (χ1n) is 7.24. The van der Waals surface area contributed by atoms with Gasteiger partial charge >= 0.3 is 0 Å². The van der Waals surface area contributed by atoms with E-state index in [1.165, 1.54) is 10.8 Å². The van der Waals surface area contributed by atoms with Gasteiger partial charge in [-0.1, -0.05) is 28.1 Å². The summed E-state index contributed by atoms with van der Waals surface area (Å²) in [7, 11) is 0. The molecule has 0 unspecified atom stereocenters. The van der Waals surface area contributed by atoms with Gasteiger partial charge in [-0.05, 0) is 36.8 Å². The normalized spacial score (nSPS) is 10.8. The summed E-state index contributed by atoms with van der Waals surface area (Å²) in [5.74, 6) is -0.287. The van der Waals surface area contributed by atoms with Gasteiger partial charge in [0.25, 0.3) is 5.91 Å². The summed E-state index contributed by atoms with van der Waals surface area (Å²) >= 11 is 4.98. The third-order valence-corrected chi connectivity index (χ3v) is 4.98. The highest BCUT2D eigenvalue weighted by atomic mass is 79.9. The molecule has 3 aromatic rings. The monoisotopic (exact) mass is 390 g/mol. The van der Waals surface area contributed by atoms with E-state index in [-0.39, 0.29) is 17.2 Å². The van der Waals surface area contributed by atoms with Crippen molar-refractivity contribution in [1.82, 2.24) is 10.3 Å². The standard InChI is InChI=1S/C17H15BrN2O2S/c18-11-7-8-14(21)12(10-11)17(22)19-9-3-6-16-20-13-4-1-2-5-15(13)23-16/h1-2,4-5,7-8,10,21H,3,6,9H2,(H,19,22). The molecule has 1 amide bonds. The van der Waals surface area contributed by atoms with Crippen molar-refractivity contribution in [2.45, 2.75) is 12.8 Å². The molecule has 0 bridgehead atoms. The van der Waals surface area contributed by atoms with E-state index in [9.17, 15) is 9.90 Å². The van der Waals surface area contributed by atoms with Crippen molar-refractivity contribution >= 4 is 43.4 Å². The highest BCUT2D eigenvalue weighted by Crippen LogP contribution is 2.23. The van der Waals surface area contributed by atoms with Crippen LogP contribution in [0.5, 0.6) is 5.75 Å². The predicted molar refractivity (Wildman–Crippen MR) is 96.1 cm³/mol. The first-order chi connectivity index (χ1) is 11.1. The lowest BCUT2D eigenvalue weighted by Gasteiger charge is -2.06. The number of amides is 1. The number of nitrogens with one attached hydrogen (secondary N) is 1. The molecule has 3 rings (SSSR count). The fraction of sp³-hybridized carbons (Fsp3) is 0.176. The van der Waals surface area contributed by atoms with Crippen LogP contribution in [0.4, 0.5) is 0 Å². The summed E-state index contributed by atoms with van der Waals surface area (Å²) in [6, 6.07) is 12.9. The van der Waals surface area contributed by atoms with Gasteiger partial charge in [-0.2, -0.15) is 0 Å². The van der Waals surface area contributed by atoms with Crippen molar-refractivity contribution < 1.29 is 9.90 Å². The highest BCUT2D eigenvalue weighted by molar-refractivity contribution is 9.10. The molecule has 0 atom stereocenters. The van der Waals surface area contributed by atoms with Gasteiger partial charge in [-0.15, -0.1) is 11.3 Å². The molecule has 0 aliphatic rings. The average molecular weight is 391 g/mol. The van der Waals surface area contributed by atoms with Crippen molar-refractivity contribution in [3.05, 3.63) is 57.5 Å². The maximum Gasteiger partial charge on any atom is 0.255 e. The minimum absolute atomic E-state index is 0.0168. The first-order valence-corrected chi connectivity index (χ1v) is 8.85. The maximum absolute atomic E-state index is 12.1. The number of benzene rings is 2. The van der Waals surface area contributed by atoms with Crippen LogP contribution in [-0.2, 0) is 6.42 Å². The van der Waals surface area contributed by atoms with Crippen LogP contribution in [0, 0.1) is 0 Å². The summed E-state index contributed by atoms with van der Waals surface area (Å²) in [6.45, 7) is 0.542. The number of hydrogen-bond donors (Lipinski definition) is 2. The first kappa shape index (κ1) is 16.0. The van der Waals surface area contributed by atoms with Crippen LogP contribution in [0.1, 0.15) is 21.8 Å². The van der Waals surface area contributed by atoms with Gasteiger partial charge in [0.2, 0.25) is 0 Å². The number of hydrogen-bond acceptors (Lipinski definition) is 4. The summed E-state index contributed by atoms with van der Waals surface area (Å²) in [5, 5.41) is 13.6. The Hall–Kier alpha value is -1.92. The molecule has 1 aromatic heterocycles. The fourth-order valence-corrected chi connectivity index (χ4v) is 3.62. The lowest BCUT2D eigenvalue weighted by atomic mass is 10.2. The molecule has 1 heterocycles. The minimum Gasteiger partial charge on any atom is -0.507 e. The Morgan fingerprint density at radius 2 is 2.09 bits per heavy atom. The van der Waals surface area contributed by atoms with Crippen molar-refractivity contribution in [3.8, 4) is 5.75 Å². The maximum atomic E-state index is 12.1. The van der Waals surface area contributed by atoms with E-state index in [1.807, 2.05) is 18.2 Å². The lowest BCUT2D eigenvalue weighted by Crippen LogP contribution is -2.24. The van der Waals surface area contributed by atoms with E-state index < -0.39 is 0 Å². The van der Waals surface area contributed by atoms with E-state index in [1.54, 1.807) is 23.5 Å². The highest BCUT2D eigenvalue weighted by Gasteiger charge is 2.11. The Kier molecular flexibility index (Phi) is 4.93. The molecule has 2 N–H and O–H groups in total. The number of carbonyl (C=O) groups excluding carboxylic acids is 1. The molecule has 2 aromatic carbocycles. The van der Waals surface area contributed by atoms with E-state index in [4.69, 9.17) is 0 Å². The number of carbonyl (C=O) groups is 1. The number of rotatable bonds is 5. The molecular weight excluding hydrogens is 376 g/mol. The van der Waals surface area contributed by atoms with Crippen LogP contribution in [0.25, 0.3) is 10.2 Å². The number of fused-ring (bicyclic) bond motifs is 1. The van der Waals surface area contributed by atoms with Crippen LogP contribution in [0.15, 0.2) is 46.9 Å². The molecule has 0 spiro atoms. The Labute approximate surface area is 146 Å². The Balaban J connectivity index is 1.53. The number of thiazole rings is 1. The van der Waals surface area contributed by atoms with E-state index >= 15 is 0 Å². The zero-order valence-corrected chi connectivity index (χ0v) is 14.7. The van der Waals surface area contributed by atoms with Crippen molar-refractivity contribution in [2.75, 3.05) is 6.54 Å². The van der Waals surface area contributed by atoms with Crippen LogP contribution in [0.3, 0.4) is 0 Å². The summed E-state index contributed by atoms with van der Waals surface area (Å²) < 4.78 is 1.94. The Bertz CT molecular complexity index is 814. The van der Waals surface area contributed by atoms with E-state index in [0.29, 0.717) is 6.54 Å². The van der Waals surface area contributed by atoms with Gasteiger partial charge < -0.3 is 10.4 Å². The quantitative estimate of drug-likeness (QED) is 0.643. The average Bonchev–Trinajstić information content (AvgIpc) is 2.96. The molecule has 4 nitrogen and oxygen atoms in total. The zero-order chi connectivity index (χ0) is 16.2. The lowest BCUT2D eigenvalue weighted by molar-refractivity contribution is 0.0950. The predicted octanol–water partition coefficient (Wildman–Crippen LogP) is 4.13. The molecule has 6 heteroatoms. The molecule has 0 saturated heterocycles. The summed E-state index contributed by atoms with van der Waals surface area (Å²) in [6.07, 6.45) is 1.63. The SMILES string of the molecule is O=C(NCCCc1nc2ccccc2s1)c1cc(Br)ccc1O. The van der Waals surface area contributed by atoms with Gasteiger partial charge in [-0.3, -0.25) is 4.79 Å². The minimum atomic E-state index is -0.270. The molecule has 0 radical (unpaired) electrons. The Morgan fingerprint density at radius 3 is 2.91 bits per heavy atom. The molecular formula is C17H15BrN2O2S. The van der Waals surface area contributed by atoms with Crippen molar-refractivity contribution in [3.63, 3.8) is 0 Å². The second-order valence-corrected chi connectivity index (χ2v) is 7.13. The van der Waals surface area contributed by atoms with Crippen LogP contribution in [-0.4, -0.2) is 22.5 Å². The second-order valence-electron chi connectivity index (χ2n) is 5.10. The fourth-order valence-electron chi connectivity index (χ4n) is 2.25. The molecule has 118 valence electrons. The zero-order valence-electron chi connectivity index (χ0n) is 12.3. The molecule has 0 aliphatic heterocycles.